The Morgan fingerprint density at radius 1 is 1.08 bits per heavy atom. The summed E-state index contributed by atoms with van der Waals surface area (Å²) in [6.07, 6.45) is 5.55. The molecule has 0 radical (unpaired) electrons. The third kappa shape index (κ3) is 6.95. The maximum atomic E-state index is 13.3. The Kier molecular flexibility index (Phi) is 9.07. The highest BCUT2D eigenvalue weighted by Crippen LogP contribution is 2.23. The SMILES string of the molecule is C#CCn1c(=NC(=O)c2ccc(S(=O)(=O)N(CC(C)C)CC(C)C)cc2)sc2cc(NC(C)=O)ccc21. The second-order valence-electron chi connectivity index (χ2n) is 9.59. The summed E-state index contributed by atoms with van der Waals surface area (Å²) in [6, 6.07) is 11.2. The first-order chi connectivity index (χ1) is 17.4. The standard InChI is InChI=1S/C27H32N4O4S2/c1-7-14-31-24-13-10-22(28-20(6)32)15-25(24)36-27(31)29-26(33)21-8-11-23(12-9-21)37(34,35)30(16-18(2)3)17-19(4)5/h1,8-13,15,18-19H,14,16-17H2,2-6H3,(H,28,32). The molecule has 1 aromatic heterocycles. The quantitative estimate of drug-likeness (QED) is 0.408. The maximum absolute atomic E-state index is 13.3. The van der Waals surface area contributed by atoms with Crippen LogP contribution >= 0.6 is 11.3 Å². The van der Waals surface area contributed by atoms with Gasteiger partial charge in [0.15, 0.2) is 4.80 Å². The van der Waals surface area contributed by atoms with Crippen LogP contribution in [0.2, 0.25) is 0 Å². The number of hydrogen-bond acceptors (Lipinski definition) is 5. The molecule has 0 spiro atoms. The summed E-state index contributed by atoms with van der Waals surface area (Å²) >= 11 is 1.28. The number of rotatable bonds is 9. The molecule has 3 rings (SSSR count). The van der Waals surface area contributed by atoms with E-state index in [0.717, 1.165) is 10.2 Å². The molecule has 0 aliphatic carbocycles. The zero-order chi connectivity index (χ0) is 27.3. The Morgan fingerprint density at radius 2 is 1.70 bits per heavy atom. The van der Waals surface area contributed by atoms with E-state index in [2.05, 4.69) is 16.2 Å². The Balaban J connectivity index is 1.95. The molecule has 3 aromatic rings. The third-order valence-electron chi connectivity index (χ3n) is 5.33. The summed E-state index contributed by atoms with van der Waals surface area (Å²) in [6.45, 7) is 10.4. The summed E-state index contributed by atoms with van der Waals surface area (Å²) < 4.78 is 30.6. The van der Waals surface area contributed by atoms with Gasteiger partial charge in [-0.05, 0) is 54.3 Å². The van der Waals surface area contributed by atoms with E-state index in [1.165, 1.54) is 46.8 Å². The monoisotopic (exact) mass is 540 g/mol. The molecule has 37 heavy (non-hydrogen) atoms. The van der Waals surface area contributed by atoms with Crippen LogP contribution in [0, 0.1) is 24.2 Å². The highest BCUT2D eigenvalue weighted by molar-refractivity contribution is 7.89. The molecule has 0 bridgehead atoms. The van der Waals surface area contributed by atoms with Gasteiger partial charge in [-0.25, -0.2) is 8.42 Å². The number of benzene rings is 2. The van der Waals surface area contributed by atoms with Gasteiger partial charge in [-0.3, -0.25) is 9.59 Å². The van der Waals surface area contributed by atoms with Crippen LogP contribution in [0.5, 0.6) is 0 Å². The highest BCUT2D eigenvalue weighted by atomic mass is 32.2. The number of terminal acetylenes is 1. The van der Waals surface area contributed by atoms with Crippen LogP contribution in [0.3, 0.4) is 0 Å². The second-order valence-corrected chi connectivity index (χ2v) is 12.5. The molecule has 0 aliphatic heterocycles. The molecule has 8 nitrogen and oxygen atoms in total. The molecule has 2 amide bonds. The summed E-state index contributed by atoms with van der Waals surface area (Å²) in [5.41, 5.74) is 1.69. The van der Waals surface area contributed by atoms with Crippen molar-refractivity contribution in [3.05, 3.63) is 52.8 Å². The first-order valence-electron chi connectivity index (χ1n) is 12.0. The average Bonchev–Trinajstić information content (AvgIpc) is 3.14. The average molecular weight is 541 g/mol. The number of hydrogen-bond donors (Lipinski definition) is 1. The minimum absolute atomic E-state index is 0.139. The molecule has 10 heteroatoms. The van der Waals surface area contributed by atoms with Crippen LogP contribution in [-0.2, 0) is 21.4 Å². The van der Waals surface area contributed by atoms with E-state index in [0.29, 0.717) is 23.6 Å². The van der Waals surface area contributed by atoms with Crippen molar-refractivity contribution in [2.75, 3.05) is 18.4 Å². The topological polar surface area (TPSA) is 101 Å². The van der Waals surface area contributed by atoms with Crippen LogP contribution in [-0.4, -0.2) is 42.2 Å². The fraction of sp³-hybridized carbons (Fsp3) is 0.370. The van der Waals surface area contributed by atoms with E-state index in [1.54, 1.807) is 16.7 Å². The highest BCUT2D eigenvalue weighted by Gasteiger charge is 2.26. The summed E-state index contributed by atoms with van der Waals surface area (Å²) in [5.74, 6) is 2.24. The lowest BCUT2D eigenvalue weighted by Gasteiger charge is -2.25. The van der Waals surface area contributed by atoms with Crippen molar-refractivity contribution in [3.63, 3.8) is 0 Å². The first-order valence-corrected chi connectivity index (χ1v) is 14.2. The van der Waals surface area contributed by atoms with Gasteiger partial charge < -0.3 is 9.88 Å². The van der Waals surface area contributed by atoms with Gasteiger partial charge in [0.05, 0.1) is 21.7 Å². The van der Waals surface area contributed by atoms with Crippen LogP contribution in [0.1, 0.15) is 45.0 Å². The molecule has 0 atom stereocenters. The number of sulfonamides is 1. The lowest BCUT2D eigenvalue weighted by Crippen LogP contribution is -2.37. The molecule has 0 unspecified atom stereocenters. The van der Waals surface area contributed by atoms with Gasteiger partial charge in [0.2, 0.25) is 15.9 Å². The number of nitrogens with one attached hydrogen (secondary N) is 1. The fourth-order valence-corrected chi connectivity index (χ4v) is 6.67. The van der Waals surface area contributed by atoms with Crippen molar-refractivity contribution >= 4 is 49.1 Å². The number of nitrogens with zero attached hydrogens (tertiary/aromatic N) is 3. The molecule has 0 saturated heterocycles. The molecule has 196 valence electrons. The Bertz CT molecular complexity index is 1500. The van der Waals surface area contributed by atoms with Crippen molar-refractivity contribution in [2.24, 2.45) is 16.8 Å². The molecule has 0 saturated carbocycles. The Labute approximate surface area is 222 Å². The van der Waals surface area contributed by atoms with Crippen molar-refractivity contribution in [3.8, 4) is 12.3 Å². The molecule has 1 N–H and O–H groups in total. The van der Waals surface area contributed by atoms with Crippen molar-refractivity contribution in [1.29, 1.82) is 0 Å². The van der Waals surface area contributed by atoms with E-state index < -0.39 is 15.9 Å². The fourth-order valence-electron chi connectivity index (χ4n) is 3.84. The number of fused-ring (bicyclic) bond motifs is 1. The molecule has 0 aliphatic rings. The summed E-state index contributed by atoms with van der Waals surface area (Å²) in [7, 11) is -3.70. The minimum Gasteiger partial charge on any atom is -0.326 e. The lowest BCUT2D eigenvalue weighted by atomic mass is 10.2. The minimum atomic E-state index is -3.70. The van der Waals surface area contributed by atoms with Gasteiger partial charge in [-0.1, -0.05) is 45.0 Å². The van der Waals surface area contributed by atoms with Gasteiger partial charge >= 0.3 is 0 Å². The molecule has 2 aromatic carbocycles. The normalized spacial score (nSPS) is 12.5. The van der Waals surface area contributed by atoms with Crippen molar-refractivity contribution < 1.29 is 18.0 Å². The van der Waals surface area contributed by atoms with E-state index in [9.17, 15) is 18.0 Å². The number of carbonyl (C=O) groups is 2. The Morgan fingerprint density at radius 3 is 2.24 bits per heavy atom. The number of aromatic nitrogens is 1. The predicted octanol–water partition coefficient (Wildman–Crippen LogP) is 4.34. The van der Waals surface area contributed by atoms with Crippen LogP contribution in [0.15, 0.2) is 52.4 Å². The van der Waals surface area contributed by atoms with Gasteiger partial charge in [0, 0.05) is 31.3 Å². The first kappa shape index (κ1) is 28.3. The Hall–Kier alpha value is -3.26. The van der Waals surface area contributed by atoms with Crippen LogP contribution < -0.4 is 10.1 Å². The van der Waals surface area contributed by atoms with Crippen molar-refractivity contribution in [2.45, 2.75) is 46.1 Å². The number of thiazole rings is 1. The zero-order valence-corrected chi connectivity index (χ0v) is 23.3. The molecule has 1 heterocycles. The second kappa shape index (κ2) is 11.9. The summed E-state index contributed by atoms with van der Waals surface area (Å²) in [4.78, 5) is 29.2. The van der Waals surface area contributed by atoms with Crippen LogP contribution in [0.4, 0.5) is 5.69 Å². The van der Waals surface area contributed by atoms with Gasteiger partial charge in [-0.15, -0.1) is 6.42 Å². The van der Waals surface area contributed by atoms with Crippen LogP contribution in [0.25, 0.3) is 10.2 Å². The number of anilines is 1. The molecular formula is C27H32N4O4S2. The van der Waals surface area contributed by atoms with E-state index in [1.807, 2.05) is 33.8 Å². The number of carbonyl (C=O) groups excluding carboxylic acids is 2. The van der Waals surface area contributed by atoms with Gasteiger partial charge in [0.1, 0.15) is 0 Å². The van der Waals surface area contributed by atoms with E-state index >= 15 is 0 Å². The molecule has 0 fully saturated rings. The third-order valence-corrected chi connectivity index (χ3v) is 8.21. The van der Waals surface area contributed by atoms with E-state index in [4.69, 9.17) is 6.42 Å². The smallest absolute Gasteiger partial charge is 0.279 e. The van der Waals surface area contributed by atoms with Crippen molar-refractivity contribution in [1.82, 2.24) is 8.87 Å². The number of amides is 2. The van der Waals surface area contributed by atoms with Gasteiger partial charge in [-0.2, -0.15) is 9.30 Å². The molecular weight excluding hydrogens is 508 g/mol. The maximum Gasteiger partial charge on any atom is 0.279 e. The zero-order valence-electron chi connectivity index (χ0n) is 21.7. The predicted molar refractivity (Wildman–Crippen MR) is 148 cm³/mol. The van der Waals surface area contributed by atoms with Gasteiger partial charge in [0.25, 0.3) is 5.91 Å². The van der Waals surface area contributed by atoms with E-state index in [-0.39, 0.29) is 34.7 Å². The summed E-state index contributed by atoms with van der Waals surface area (Å²) in [5, 5.41) is 2.74. The lowest BCUT2D eigenvalue weighted by molar-refractivity contribution is -0.114. The largest absolute Gasteiger partial charge is 0.326 e.